The maximum Gasteiger partial charge on any atom is 0.339 e. The summed E-state index contributed by atoms with van der Waals surface area (Å²) in [5.41, 5.74) is -1.14. The third-order valence-corrected chi connectivity index (χ3v) is 2.31. The number of hydrogen-bond acceptors (Lipinski definition) is 2. The third-order valence-electron chi connectivity index (χ3n) is 2.31. The number of aromatic carboxylic acids is 1. The molecular weight excluding hydrogens is 249 g/mol. The lowest BCUT2D eigenvalue weighted by atomic mass is 10.2. The molecule has 0 aliphatic rings. The number of halogens is 3. The van der Waals surface area contributed by atoms with Gasteiger partial charge >= 0.3 is 5.97 Å². The van der Waals surface area contributed by atoms with Gasteiger partial charge in [-0.2, -0.15) is 5.10 Å². The standard InChI is InChI=1S/C11H7F3N2O2/c12-6-1-3-7(4-2-6)16-9(10(13)14)8(5-15-16)11(17)18/h1-5,10H,(H,17,18). The molecule has 1 N–H and O–H groups in total. The minimum absolute atomic E-state index is 0.166. The summed E-state index contributed by atoms with van der Waals surface area (Å²) < 4.78 is 39.2. The van der Waals surface area contributed by atoms with E-state index >= 15 is 0 Å². The van der Waals surface area contributed by atoms with Gasteiger partial charge in [0.05, 0.1) is 11.9 Å². The zero-order valence-corrected chi connectivity index (χ0v) is 8.85. The highest BCUT2D eigenvalue weighted by Gasteiger charge is 2.24. The molecule has 1 heterocycles. The molecule has 18 heavy (non-hydrogen) atoms. The van der Waals surface area contributed by atoms with Crippen LogP contribution in [0.4, 0.5) is 13.2 Å². The zero-order chi connectivity index (χ0) is 13.3. The lowest BCUT2D eigenvalue weighted by Gasteiger charge is -2.07. The second-order valence-electron chi connectivity index (χ2n) is 3.44. The van der Waals surface area contributed by atoms with E-state index in [-0.39, 0.29) is 5.69 Å². The van der Waals surface area contributed by atoms with Gasteiger partial charge in [0.15, 0.2) is 0 Å². The molecular formula is C11H7F3N2O2. The van der Waals surface area contributed by atoms with Crippen molar-refractivity contribution >= 4 is 5.97 Å². The Morgan fingerprint density at radius 3 is 2.39 bits per heavy atom. The van der Waals surface area contributed by atoms with Crippen LogP contribution in [0.1, 0.15) is 22.5 Å². The van der Waals surface area contributed by atoms with Crippen LogP contribution in [0.15, 0.2) is 30.5 Å². The van der Waals surface area contributed by atoms with Crippen LogP contribution < -0.4 is 0 Å². The van der Waals surface area contributed by atoms with Crippen LogP contribution in [-0.4, -0.2) is 20.9 Å². The zero-order valence-electron chi connectivity index (χ0n) is 8.85. The fourth-order valence-corrected chi connectivity index (χ4v) is 1.52. The van der Waals surface area contributed by atoms with Gasteiger partial charge in [0, 0.05) is 0 Å². The van der Waals surface area contributed by atoms with E-state index in [0.29, 0.717) is 0 Å². The quantitative estimate of drug-likeness (QED) is 0.918. The molecule has 0 fully saturated rings. The molecule has 0 spiro atoms. The van der Waals surface area contributed by atoms with Gasteiger partial charge in [-0.1, -0.05) is 0 Å². The van der Waals surface area contributed by atoms with Crippen molar-refractivity contribution in [2.75, 3.05) is 0 Å². The number of nitrogens with zero attached hydrogens (tertiary/aromatic N) is 2. The van der Waals surface area contributed by atoms with Gasteiger partial charge in [-0.05, 0) is 24.3 Å². The number of carbonyl (C=O) groups is 1. The minimum atomic E-state index is -3.00. The highest BCUT2D eigenvalue weighted by Crippen LogP contribution is 2.25. The average molecular weight is 256 g/mol. The van der Waals surface area contributed by atoms with Gasteiger partial charge in [0.2, 0.25) is 0 Å². The van der Waals surface area contributed by atoms with E-state index < -0.39 is 29.5 Å². The molecule has 7 heteroatoms. The fraction of sp³-hybridized carbons (Fsp3) is 0.0909. The highest BCUT2D eigenvalue weighted by molar-refractivity contribution is 5.88. The Bertz CT molecular complexity index is 578. The van der Waals surface area contributed by atoms with Gasteiger partial charge < -0.3 is 5.11 Å². The largest absolute Gasteiger partial charge is 0.478 e. The average Bonchev–Trinajstić information content (AvgIpc) is 2.74. The Morgan fingerprint density at radius 2 is 1.89 bits per heavy atom. The molecule has 0 amide bonds. The van der Waals surface area contributed by atoms with Crippen LogP contribution in [-0.2, 0) is 0 Å². The first kappa shape index (κ1) is 12.2. The highest BCUT2D eigenvalue weighted by atomic mass is 19.3. The summed E-state index contributed by atoms with van der Waals surface area (Å²) in [4.78, 5) is 10.8. The number of carboxylic acid groups (broad SMARTS) is 1. The second-order valence-corrected chi connectivity index (χ2v) is 3.44. The van der Waals surface area contributed by atoms with Crippen LogP contribution in [0.2, 0.25) is 0 Å². The molecule has 94 valence electrons. The van der Waals surface area contributed by atoms with Crippen LogP contribution in [0, 0.1) is 5.82 Å². The Kier molecular flexibility index (Phi) is 3.05. The van der Waals surface area contributed by atoms with Crippen LogP contribution in [0.5, 0.6) is 0 Å². The van der Waals surface area contributed by atoms with Gasteiger partial charge in [0.25, 0.3) is 6.43 Å². The first-order chi connectivity index (χ1) is 8.50. The second kappa shape index (κ2) is 4.52. The van der Waals surface area contributed by atoms with Crippen molar-refractivity contribution < 1.29 is 23.1 Å². The van der Waals surface area contributed by atoms with E-state index in [1.807, 2.05) is 0 Å². The Balaban J connectivity index is 2.57. The minimum Gasteiger partial charge on any atom is -0.478 e. The molecule has 0 atom stereocenters. The normalized spacial score (nSPS) is 10.9. The van der Waals surface area contributed by atoms with Crippen molar-refractivity contribution in [1.29, 1.82) is 0 Å². The van der Waals surface area contributed by atoms with Crippen molar-refractivity contribution in [3.63, 3.8) is 0 Å². The third kappa shape index (κ3) is 2.06. The summed E-state index contributed by atoms with van der Waals surface area (Å²) >= 11 is 0. The number of benzene rings is 1. The number of aromatic nitrogens is 2. The van der Waals surface area contributed by atoms with Crippen molar-refractivity contribution in [3.8, 4) is 5.69 Å². The summed E-state index contributed by atoms with van der Waals surface area (Å²) in [6, 6.07) is 4.62. The van der Waals surface area contributed by atoms with E-state index in [1.54, 1.807) is 0 Å². The number of alkyl halides is 2. The molecule has 0 saturated carbocycles. The molecule has 1 aromatic carbocycles. The van der Waals surface area contributed by atoms with E-state index in [9.17, 15) is 18.0 Å². The van der Waals surface area contributed by atoms with E-state index in [1.165, 1.54) is 12.1 Å². The summed E-state index contributed by atoms with van der Waals surface area (Å²) in [6.07, 6.45) is -2.16. The lowest BCUT2D eigenvalue weighted by molar-refractivity contribution is 0.0683. The first-order valence-corrected chi connectivity index (χ1v) is 4.86. The smallest absolute Gasteiger partial charge is 0.339 e. The SMILES string of the molecule is O=C(O)c1cnn(-c2ccc(F)cc2)c1C(F)F. The summed E-state index contributed by atoms with van der Waals surface area (Å²) in [6.45, 7) is 0. The Hall–Kier alpha value is -2.31. The summed E-state index contributed by atoms with van der Waals surface area (Å²) in [5, 5.41) is 12.4. The predicted octanol–water partition coefficient (Wildman–Crippen LogP) is 2.65. The van der Waals surface area contributed by atoms with Crippen LogP contribution in [0.25, 0.3) is 5.69 Å². The Labute approximate surface area is 99.3 Å². The van der Waals surface area contributed by atoms with Gasteiger partial charge in [-0.3, -0.25) is 0 Å². The van der Waals surface area contributed by atoms with Crippen molar-refractivity contribution in [2.45, 2.75) is 6.43 Å². The van der Waals surface area contributed by atoms with Crippen molar-refractivity contribution in [1.82, 2.24) is 9.78 Å². The number of rotatable bonds is 3. The van der Waals surface area contributed by atoms with Crippen molar-refractivity contribution in [2.24, 2.45) is 0 Å². The molecule has 0 saturated heterocycles. The summed E-state index contributed by atoms with van der Waals surface area (Å²) in [7, 11) is 0. The number of carboxylic acids is 1. The van der Waals surface area contributed by atoms with Gasteiger partial charge in [0.1, 0.15) is 17.1 Å². The number of hydrogen-bond donors (Lipinski definition) is 1. The topological polar surface area (TPSA) is 55.1 Å². The molecule has 0 unspecified atom stereocenters. The molecule has 1 aromatic heterocycles. The van der Waals surface area contributed by atoms with Crippen molar-refractivity contribution in [3.05, 3.63) is 47.5 Å². The van der Waals surface area contributed by atoms with E-state index in [4.69, 9.17) is 5.11 Å². The lowest BCUT2D eigenvalue weighted by Crippen LogP contribution is -2.07. The Morgan fingerprint density at radius 1 is 1.28 bits per heavy atom. The monoisotopic (exact) mass is 256 g/mol. The maximum atomic E-state index is 12.8. The van der Waals surface area contributed by atoms with Crippen LogP contribution >= 0.6 is 0 Å². The fourth-order valence-electron chi connectivity index (χ4n) is 1.52. The maximum absolute atomic E-state index is 12.8. The van der Waals surface area contributed by atoms with Gasteiger partial charge in [-0.25, -0.2) is 22.6 Å². The summed E-state index contributed by atoms with van der Waals surface area (Å²) in [5.74, 6) is -2.01. The predicted molar refractivity (Wildman–Crippen MR) is 55.4 cm³/mol. The molecule has 4 nitrogen and oxygen atoms in total. The molecule has 0 aliphatic heterocycles. The van der Waals surface area contributed by atoms with E-state index in [2.05, 4.69) is 5.10 Å². The van der Waals surface area contributed by atoms with E-state index in [0.717, 1.165) is 23.0 Å². The molecule has 0 aliphatic carbocycles. The first-order valence-electron chi connectivity index (χ1n) is 4.86. The molecule has 0 radical (unpaired) electrons. The molecule has 0 bridgehead atoms. The van der Waals surface area contributed by atoms with Gasteiger partial charge in [-0.15, -0.1) is 0 Å². The van der Waals surface area contributed by atoms with Crippen LogP contribution in [0.3, 0.4) is 0 Å². The molecule has 2 rings (SSSR count). The molecule has 2 aromatic rings.